The first kappa shape index (κ1) is 74.0. The predicted molar refractivity (Wildman–Crippen MR) is 395 cm³/mol. The second-order valence-corrected chi connectivity index (χ2v) is 29.8. The van der Waals surface area contributed by atoms with E-state index in [0.29, 0.717) is 59.0 Å². The van der Waals surface area contributed by atoms with Crippen LogP contribution in [0.5, 0.6) is 34.9 Å². The summed E-state index contributed by atoms with van der Waals surface area (Å²) in [4.78, 5) is 22.3. The van der Waals surface area contributed by atoms with Gasteiger partial charge in [-0.3, -0.25) is 0 Å². The van der Waals surface area contributed by atoms with Crippen molar-refractivity contribution in [2.24, 2.45) is 17.8 Å². The van der Waals surface area contributed by atoms with Gasteiger partial charge in [-0.25, -0.2) is 9.97 Å². The van der Waals surface area contributed by atoms with Gasteiger partial charge >= 0.3 is 5.88 Å². The van der Waals surface area contributed by atoms with Gasteiger partial charge in [-0.1, -0.05) is 178 Å². The van der Waals surface area contributed by atoms with E-state index in [1.807, 2.05) is 172 Å². The fourth-order valence-corrected chi connectivity index (χ4v) is 18.5. The molecule has 3 aliphatic heterocycles. The fourth-order valence-electron chi connectivity index (χ4n) is 17.9. The highest BCUT2D eigenvalue weighted by Crippen LogP contribution is 2.73. The van der Waals surface area contributed by atoms with Crippen molar-refractivity contribution in [3.8, 4) is 47.0 Å². The van der Waals surface area contributed by atoms with Crippen LogP contribution >= 0.6 is 39.1 Å². The lowest BCUT2D eigenvalue weighted by atomic mass is 9.70. The molecule has 0 saturated heterocycles. The topological polar surface area (TPSA) is 277 Å². The van der Waals surface area contributed by atoms with Crippen LogP contribution in [0.1, 0.15) is 79.0 Å². The average Bonchev–Trinajstić information content (AvgIpc) is 1.51. The SMILES string of the molecule is COc1nc(Cl)cc2c1[C@]1(O)[C@H](O)[C@H](CN(C)C)[C@@H](c3ccccc3)[C@]1(c1ccc(Br)cc1)O2.COc1nc(Cl)cc2c1[C@]1(O)[C@H](O)[C@H](CN(C)C)[C@@H](c3ccccc3)[C@]1(c1ccc(C#N)cc1)O2.[C-]#[N+]c1cc2c(c(OC)n1)[C@]1(O)[C@H](O)[C@H](CN(C)C)[C@@H](c3ccccc3)[C@]1(c1ccc(C#N)cc1)O2. The molecule has 0 radical (unpaired) electrons. The number of hydrogen-bond acceptors (Lipinski definition) is 20. The Morgan fingerprint density at radius 2 is 0.752 bits per heavy atom. The molecule has 6 aromatic carbocycles. The Balaban J connectivity index is 0.000000140. The smallest absolute Gasteiger partial charge is 0.319 e. The second-order valence-electron chi connectivity index (χ2n) is 28.1. The number of nitriles is 2. The molecule has 540 valence electrons. The van der Waals surface area contributed by atoms with Crippen LogP contribution in [0.25, 0.3) is 4.85 Å². The molecule has 105 heavy (non-hydrogen) atoms. The molecular formula is C81H78BrCl2N9O12. The summed E-state index contributed by atoms with van der Waals surface area (Å²) in [5.74, 6) is -1.35. The largest absolute Gasteiger partial charge is 0.481 e. The highest BCUT2D eigenvalue weighted by Gasteiger charge is 2.80. The van der Waals surface area contributed by atoms with E-state index in [1.165, 1.54) is 33.5 Å². The Bertz CT molecular complexity index is 4850. The summed E-state index contributed by atoms with van der Waals surface area (Å²) in [6.45, 7) is 8.96. The molecule has 3 aromatic heterocycles. The van der Waals surface area contributed by atoms with Gasteiger partial charge in [-0.05, 0) is 112 Å². The van der Waals surface area contributed by atoms with Gasteiger partial charge in [-0.2, -0.15) is 10.5 Å². The normalized spacial score (nSPS) is 28.8. The first-order valence-electron chi connectivity index (χ1n) is 33.9. The number of pyridine rings is 3. The maximum atomic E-state index is 12.7. The summed E-state index contributed by atoms with van der Waals surface area (Å²) in [5, 5.41) is 93.0. The summed E-state index contributed by atoms with van der Waals surface area (Å²) in [5.41, 5.74) is -3.55. The van der Waals surface area contributed by atoms with Gasteiger partial charge in [0.15, 0.2) is 33.6 Å². The molecule has 6 N–H and O–H groups in total. The molecule has 15 atom stereocenters. The van der Waals surface area contributed by atoms with Crippen molar-refractivity contribution in [2.45, 2.75) is 69.7 Å². The van der Waals surface area contributed by atoms with Crippen LogP contribution < -0.4 is 28.4 Å². The minimum absolute atomic E-state index is 0.0351. The zero-order valence-corrected chi connectivity index (χ0v) is 62.0. The molecule has 6 aliphatic rings. The third kappa shape index (κ3) is 11.5. The van der Waals surface area contributed by atoms with Crippen molar-refractivity contribution in [3.05, 3.63) is 269 Å². The van der Waals surface area contributed by atoms with Crippen LogP contribution in [0.4, 0.5) is 5.82 Å². The molecule has 3 fully saturated rings. The number of halogens is 3. The van der Waals surface area contributed by atoms with Crippen molar-refractivity contribution in [1.29, 1.82) is 10.5 Å². The molecule has 21 nitrogen and oxygen atoms in total. The molecule has 0 spiro atoms. The number of methoxy groups -OCH3 is 3. The summed E-state index contributed by atoms with van der Waals surface area (Å²) in [6, 6.07) is 59.6. The number of nitrogens with zero attached hydrogens (tertiary/aromatic N) is 9. The lowest BCUT2D eigenvalue weighted by Crippen LogP contribution is -2.52. The number of fused-ring (bicyclic) bond motifs is 9. The Morgan fingerprint density at radius 3 is 1.03 bits per heavy atom. The molecule has 3 aliphatic carbocycles. The molecule has 15 rings (SSSR count). The van der Waals surface area contributed by atoms with Gasteiger partial charge in [0.25, 0.3) is 5.82 Å². The lowest BCUT2D eigenvalue weighted by molar-refractivity contribution is -0.152. The molecule has 0 amide bonds. The quantitative estimate of drug-likeness (QED) is 0.0411. The Kier molecular flexibility index (Phi) is 20.1. The predicted octanol–water partition coefficient (Wildman–Crippen LogP) is 11.1. The molecule has 0 unspecified atom stereocenters. The second kappa shape index (κ2) is 28.6. The number of aliphatic hydroxyl groups is 6. The van der Waals surface area contributed by atoms with Crippen LogP contribution in [0.15, 0.2) is 186 Å². The van der Waals surface area contributed by atoms with E-state index in [0.717, 1.165) is 26.7 Å². The van der Waals surface area contributed by atoms with Gasteiger partial charge < -0.3 is 78.6 Å². The van der Waals surface area contributed by atoms with Crippen LogP contribution in [0.3, 0.4) is 0 Å². The van der Waals surface area contributed by atoms with Gasteiger partial charge in [0.05, 0.1) is 74.0 Å². The number of ether oxygens (including phenoxy) is 6. The number of hydrogen-bond donors (Lipinski definition) is 6. The van der Waals surface area contributed by atoms with Crippen LogP contribution in [0.2, 0.25) is 10.3 Å². The molecule has 3 saturated carbocycles. The van der Waals surface area contributed by atoms with Gasteiger partial charge in [-0.15, -0.1) is 0 Å². The number of rotatable bonds is 15. The third-order valence-corrected chi connectivity index (χ3v) is 22.5. The van der Waals surface area contributed by atoms with Crippen LogP contribution in [0, 0.1) is 47.0 Å². The Morgan fingerprint density at radius 1 is 0.467 bits per heavy atom. The van der Waals surface area contributed by atoms with Crippen LogP contribution in [-0.4, -0.2) is 162 Å². The van der Waals surface area contributed by atoms with E-state index in [-0.39, 0.29) is 56.6 Å². The van der Waals surface area contributed by atoms with E-state index >= 15 is 0 Å². The van der Waals surface area contributed by atoms with E-state index in [1.54, 1.807) is 54.6 Å². The molecule has 9 aromatic rings. The third-order valence-electron chi connectivity index (χ3n) is 21.6. The van der Waals surface area contributed by atoms with Crippen molar-refractivity contribution in [3.63, 3.8) is 0 Å². The van der Waals surface area contributed by atoms with Crippen molar-refractivity contribution < 1.29 is 59.1 Å². The number of benzene rings is 6. The first-order chi connectivity index (χ1) is 50.3. The summed E-state index contributed by atoms with van der Waals surface area (Å²) < 4.78 is 37.8. The summed E-state index contributed by atoms with van der Waals surface area (Å²) in [6.07, 6.45) is -3.68. The van der Waals surface area contributed by atoms with Crippen LogP contribution in [-0.2, 0) is 33.6 Å². The minimum atomic E-state index is -1.96. The fraction of sp³-hybridized carbons (Fsp3) is 0.333. The first-order valence-corrected chi connectivity index (χ1v) is 35.5. The van der Waals surface area contributed by atoms with Crippen molar-refractivity contribution in [1.82, 2.24) is 29.7 Å². The van der Waals surface area contributed by atoms with Gasteiger partial charge in [0.1, 0.15) is 33.1 Å². The monoisotopic (exact) mass is 1520 g/mol. The number of aromatic nitrogens is 3. The molecule has 0 bridgehead atoms. The van der Waals surface area contributed by atoms with Crippen molar-refractivity contribution >= 4 is 44.9 Å². The lowest BCUT2D eigenvalue weighted by Gasteiger charge is -2.41. The maximum absolute atomic E-state index is 12.7. The van der Waals surface area contributed by atoms with E-state index in [4.69, 9.17) is 58.2 Å². The average molecular weight is 1520 g/mol. The zero-order chi connectivity index (χ0) is 74.9. The minimum Gasteiger partial charge on any atom is -0.481 e. The Hall–Kier alpha value is -9.26. The number of aliphatic hydroxyl groups excluding tert-OH is 3. The van der Waals surface area contributed by atoms with Gasteiger partial charge in [0, 0.05) is 77.8 Å². The zero-order valence-electron chi connectivity index (χ0n) is 58.9. The molecular weight excluding hydrogens is 1440 g/mol. The van der Waals surface area contributed by atoms with E-state index in [9.17, 15) is 41.2 Å². The summed E-state index contributed by atoms with van der Waals surface area (Å²) in [7, 11) is 15.9. The molecule has 24 heteroatoms. The highest BCUT2D eigenvalue weighted by molar-refractivity contribution is 9.10. The van der Waals surface area contributed by atoms with E-state index in [2.05, 4.69) is 47.9 Å². The van der Waals surface area contributed by atoms with E-state index < -0.39 is 81.5 Å². The standard InChI is InChI=1S/C28H26N4O4.C27H26ClN3O4.C26H26BrClN2O4/c1-30-22-14-21-24(26(31-22)35-4)27(34)25(33)20(16-32(2)3)23(18-8-6-5-7-9-18)28(27,36-21)19-12-10-17(15-29)11-13-19;1-31(2)15-19-22(17-7-5-4-6-8-17)27(18-11-9-16(14-29)10-12-18)26(33,24(19)32)23-20(35-27)13-21(28)30-25(23)34-3;1-30(2)14-18-21(15-7-5-4-6-8-15)26(16-9-11-17(27)12-10-16)25(32,23(18)31)22-19(34-26)13-20(28)29-24(22)33-3/h5-14,20,23,25,33-34H,16H2,2-4H3;4-13,19,22,24,32-33H,15H2,1-3H3;4-13,18,21,23,31-32H,14H2,1-3H3/t20-,23-,25-,27+,28+;19-,22-,24-,26+,27+;18-,21-,23-,25+,26+/m111/s1. The highest BCUT2D eigenvalue weighted by atomic mass is 79.9. The summed E-state index contributed by atoms with van der Waals surface area (Å²) >= 11 is 16.1. The van der Waals surface area contributed by atoms with Crippen molar-refractivity contribution in [2.75, 3.05) is 83.2 Å². The maximum Gasteiger partial charge on any atom is 0.319 e. The van der Waals surface area contributed by atoms with Gasteiger partial charge in [0.2, 0.25) is 11.8 Å². The molecule has 6 heterocycles. The Labute approximate surface area is 627 Å².